The molecule has 0 atom stereocenters. The number of rotatable bonds is 5. The summed E-state index contributed by atoms with van der Waals surface area (Å²) in [6.07, 6.45) is 7.25. The van der Waals surface area contributed by atoms with Crippen molar-refractivity contribution < 1.29 is 9.59 Å². The summed E-state index contributed by atoms with van der Waals surface area (Å²) in [6.45, 7) is 2.09. The molecular formula is C27H26N4O2S. The lowest BCUT2D eigenvalue weighted by Gasteiger charge is -2.30. The minimum Gasteiger partial charge on any atom is -0.371 e. The molecule has 0 saturated carbocycles. The highest BCUT2D eigenvalue weighted by atomic mass is 32.1. The minimum absolute atomic E-state index is 0.143. The van der Waals surface area contributed by atoms with E-state index < -0.39 is 0 Å². The minimum atomic E-state index is -0.266. The van der Waals surface area contributed by atoms with E-state index in [9.17, 15) is 9.59 Å². The average Bonchev–Trinajstić information content (AvgIpc) is 3.44. The van der Waals surface area contributed by atoms with Crippen LogP contribution in [-0.2, 0) is 0 Å². The largest absolute Gasteiger partial charge is 0.371 e. The fraction of sp³-hybridized carbons (Fsp3) is 0.222. The highest BCUT2D eigenvalue weighted by Gasteiger charge is 2.21. The topological polar surface area (TPSA) is 65.5 Å². The number of aromatic nitrogens is 1. The highest BCUT2D eigenvalue weighted by Crippen LogP contribution is 2.34. The lowest BCUT2D eigenvalue weighted by atomic mass is 10.0. The van der Waals surface area contributed by atoms with Gasteiger partial charge in [-0.15, -0.1) is 11.3 Å². The summed E-state index contributed by atoms with van der Waals surface area (Å²) >= 11 is 1.38. The van der Waals surface area contributed by atoms with Gasteiger partial charge in [-0.05, 0) is 61.0 Å². The number of carbonyl (C=O) groups is 2. The van der Waals surface area contributed by atoms with E-state index in [1.165, 1.54) is 41.2 Å². The van der Waals surface area contributed by atoms with Crippen molar-refractivity contribution in [3.8, 4) is 0 Å². The van der Waals surface area contributed by atoms with Gasteiger partial charge in [0, 0.05) is 49.0 Å². The van der Waals surface area contributed by atoms with Gasteiger partial charge in [0.2, 0.25) is 0 Å². The van der Waals surface area contributed by atoms with Crippen LogP contribution in [0.1, 0.15) is 39.3 Å². The van der Waals surface area contributed by atoms with E-state index in [2.05, 4.69) is 21.3 Å². The van der Waals surface area contributed by atoms with E-state index in [0.717, 1.165) is 23.9 Å². The molecule has 6 nitrogen and oxygen atoms in total. The number of amides is 2. The van der Waals surface area contributed by atoms with E-state index in [4.69, 9.17) is 0 Å². The Morgan fingerprint density at radius 1 is 0.971 bits per heavy atom. The summed E-state index contributed by atoms with van der Waals surface area (Å²) in [5, 5.41) is 6.91. The van der Waals surface area contributed by atoms with Crippen molar-refractivity contribution in [2.24, 2.45) is 0 Å². The smallest absolute Gasteiger partial charge is 0.268 e. The molecule has 2 amide bonds. The quantitative estimate of drug-likeness (QED) is 0.399. The molecule has 0 radical (unpaired) electrons. The molecule has 172 valence electrons. The Balaban J connectivity index is 1.45. The van der Waals surface area contributed by atoms with Crippen LogP contribution < -0.4 is 15.1 Å². The van der Waals surface area contributed by atoms with Crippen molar-refractivity contribution in [3.05, 3.63) is 82.8 Å². The molecule has 2 aromatic heterocycles. The van der Waals surface area contributed by atoms with Crippen LogP contribution in [0.3, 0.4) is 0 Å². The third kappa shape index (κ3) is 4.26. The van der Waals surface area contributed by atoms with E-state index in [1.807, 2.05) is 29.6 Å². The van der Waals surface area contributed by atoms with Crippen LogP contribution in [0.25, 0.3) is 10.8 Å². The fourth-order valence-electron chi connectivity index (χ4n) is 4.52. The van der Waals surface area contributed by atoms with Gasteiger partial charge in [0.25, 0.3) is 11.8 Å². The zero-order valence-electron chi connectivity index (χ0n) is 19.0. The number of piperidine rings is 1. The maximum Gasteiger partial charge on any atom is 0.268 e. The Labute approximate surface area is 202 Å². The van der Waals surface area contributed by atoms with Crippen molar-refractivity contribution in [1.29, 1.82) is 0 Å². The molecule has 1 fully saturated rings. The van der Waals surface area contributed by atoms with Gasteiger partial charge in [0.1, 0.15) is 0 Å². The standard InChI is InChI=1S/C27H26N4O2S/c1-30(27(33)25-10-7-17-34-25)23-9-4-3-8-20(23)26(32)29-22-11-12-24(31-15-5-2-6-16-31)19-13-14-28-18-21(19)22/h3-4,7-14,17-18H,2,5-6,15-16H2,1H3,(H,29,32). The van der Waals surface area contributed by atoms with Crippen molar-refractivity contribution in [2.75, 3.05) is 35.3 Å². The van der Waals surface area contributed by atoms with E-state index in [0.29, 0.717) is 21.8 Å². The first kappa shape index (κ1) is 22.1. The number of anilines is 3. The maximum atomic E-state index is 13.4. The molecular weight excluding hydrogens is 444 g/mol. The number of carbonyl (C=O) groups excluding carboxylic acids is 2. The number of hydrogen-bond acceptors (Lipinski definition) is 5. The molecule has 0 spiro atoms. The van der Waals surface area contributed by atoms with Crippen LogP contribution in [-0.4, -0.2) is 36.9 Å². The third-order valence-corrected chi connectivity index (χ3v) is 7.14. The first-order valence-electron chi connectivity index (χ1n) is 11.5. The second kappa shape index (κ2) is 9.65. The number of hydrogen-bond donors (Lipinski definition) is 1. The molecule has 0 bridgehead atoms. The Bertz CT molecular complexity index is 1330. The highest BCUT2D eigenvalue weighted by molar-refractivity contribution is 7.12. The van der Waals surface area contributed by atoms with Gasteiger partial charge in [0.05, 0.1) is 21.8 Å². The molecule has 2 aromatic carbocycles. The Morgan fingerprint density at radius 3 is 2.59 bits per heavy atom. The van der Waals surface area contributed by atoms with Crippen LogP contribution in [0.5, 0.6) is 0 Å². The summed E-state index contributed by atoms with van der Waals surface area (Å²) in [5.74, 6) is -0.409. The summed E-state index contributed by atoms with van der Waals surface area (Å²) in [5.41, 5.74) is 2.88. The van der Waals surface area contributed by atoms with Crippen LogP contribution >= 0.6 is 11.3 Å². The van der Waals surface area contributed by atoms with Crippen LogP contribution in [0.4, 0.5) is 17.1 Å². The summed E-state index contributed by atoms with van der Waals surface area (Å²) in [4.78, 5) is 35.2. The monoisotopic (exact) mass is 470 g/mol. The van der Waals surface area contributed by atoms with Gasteiger partial charge in [0.15, 0.2) is 0 Å². The zero-order valence-corrected chi connectivity index (χ0v) is 19.8. The van der Waals surface area contributed by atoms with Crippen molar-refractivity contribution >= 4 is 51.0 Å². The lowest BCUT2D eigenvalue weighted by Crippen LogP contribution is -2.29. The van der Waals surface area contributed by atoms with Gasteiger partial charge in [-0.3, -0.25) is 14.6 Å². The number of benzene rings is 2. The second-order valence-electron chi connectivity index (χ2n) is 8.41. The fourth-order valence-corrected chi connectivity index (χ4v) is 5.22. The number of fused-ring (bicyclic) bond motifs is 1. The van der Waals surface area contributed by atoms with Gasteiger partial charge in [-0.25, -0.2) is 0 Å². The van der Waals surface area contributed by atoms with Crippen molar-refractivity contribution in [1.82, 2.24) is 4.98 Å². The number of nitrogens with one attached hydrogen (secondary N) is 1. The van der Waals surface area contributed by atoms with E-state index in [-0.39, 0.29) is 11.8 Å². The molecule has 34 heavy (non-hydrogen) atoms. The molecule has 0 aliphatic carbocycles. The predicted molar refractivity (Wildman–Crippen MR) is 139 cm³/mol. The second-order valence-corrected chi connectivity index (χ2v) is 9.36. The molecule has 7 heteroatoms. The number of thiophene rings is 1. The molecule has 5 rings (SSSR count). The van der Waals surface area contributed by atoms with Crippen molar-refractivity contribution in [2.45, 2.75) is 19.3 Å². The van der Waals surface area contributed by atoms with Crippen LogP contribution in [0.15, 0.2) is 72.4 Å². The number of para-hydroxylation sites is 1. The maximum absolute atomic E-state index is 13.4. The molecule has 4 aromatic rings. The normalized spacial score (nSPS) is 13.6. The predicted octanol–water partition coefficient (Wildman–Crippen LogP) is 5.82. The lowest BCUT2D eigenvalue weighted by molar-refractivity contribution is 0.0996. The summed E-state index contributed by atoms with van der Waals surface area (Å²) < 4.78 is 0. The molecule has 1 aliphatic rings. The summed E-state index contributed by atoms with van der Waals surface area (Å²) in [7, 11) is 1.70. The van der Waals surface area contributed by atoms with Crippen LogP contribution in [0, 0.1) is 0 Å². The zero-order chi connectivity index (χ0) is 23.5. The first-order valence-corrected chi connectivity index (χ1v) is 12.3. The molecule has 1 saturated heterocycles. The van der Waals surface area contributed by atoms with E-state index >= 15 is 0 Å². The van der Waals surface area contributed by atoms with Gasteiger partial charge < -0.3 is 15.1 Å². The molecule has 1 aliphatic heterocycles. The number of nitrogens with zero attached hydrogens (tertiary/aromatic N) is 3. The van der Waals surface area contributed by atoms with Crippen molar-refractivity contribution in [3.63, 3.8) is 0 Å². The first-order chi connectivity index (χ1) is 16.6. The molecule has 0 unspecified atom stereocenters. The van der Waals surface area contributed by atoms with Gasteiger partial charge in [-0.1, -0.05) is 18.2 Å². The Morgan fingerprint density at radius 2 is 1.79 bits per heavy atom. The number of pyridine rings is 1. The molecule has 3 heterocycles. The van der Waals surface area contributed by atoms with Crippen LogP contribution in [0.2, 0.25) is 0 Å². The van der Waals surface area contributed by atoms with Gasteiger partial charge in [-0.2, -0.15) is 0 Å². The SMILES string of the molecule is CN(C(=O)c1cccs1)c1ccccc1C(=O)Nc1ccc(N2CCCCC2)c2ccncc12. The third-order valence-electron chi connectivity index (χ3n) is 6.29. The average molecular weight is 471 g/mol. The van der Waals surface area contributed by atoms with Gasteiger partial charge >= 0.3 is 0 Å². The van der Waals surface area contributed by atoms with E-state index in [1.54, 1.807) is 43.7 Å². The Hall–Kier alpha value is -3.71. The summed E-state index contributed by atoms with van der Waals surface area (Å²) in [6, 6.07) is 16.8. The molecule has 1 N–H and O–H groups in total. The Kier molecular flexibility index (Phi) is 6.27.